The minimum Gasteiger partial charge on any atom is -0.490 e. The van der Waals surface area contributed by atoms with Crippen molar-refractivity contribution >= 4 is 23.5 Å². The van der Waals surface area contributed by atoms with Crippen LogP contribution in [0.2, 0.25) is 5.02 Å². The van der Waals surface area contributed by atoms with Gasteiger partial charge in [0.25, 0.3) is 5.91 Å². The highest BCUT2D eigenvalue weighted by atomic mass is 35.5. The van der Waals surface area contributed by atoms with Crippen LogP contribution in [0.1, 0.15) is 27.9 Å². The first kappa shape index (κ1) is 21.7. The van der Waals surface area contributed by atoms with Gasteiger partial charge in [-0.15, -0.1) is 0 Å². The summed E-state index contributed by atoms with van der Waals surface area (Å²) < 4.78 is 10.5. The van der Waals surface area contributed by atoms with Crippen LogP contribution in [0, 0.1) is 0 Å². The highest BCUT2D eigenvalue weighted by Gasteiger charge is 2.13. The fourth-order valence-corrected chi connectivity index (χ4v) is 2.75. The molecule has 28 heavy (non-hydrogen) atoms. The third kappa shape index (κ3) is 7.21. The molecule has 2 aromatic carbocycles. The van der Waals surface area contributed by atoms with Crippen molar-refractivity contribution in [2.45, 2.75) is 19.3 Å². The van der Waals surface area contributed by atoms with Gasteiger partial charge in [-0.1, -0.05) is 35.9 Å². The lowest BCUT2D eigenvalue weighted by atomic mass is 10.1. The van der Waals surface area contributed by atoms with Crippen LogP contribution in [0.5, 0.6) is 5.75 Å². The van der Waals surface area contributed by atoms with Crippen LogP contribution in [0.3, 0.4) is 0 Å². The van der Waals surface area contributed by atoms with Gasteiger partial charge in [-0.05, 0) is 42.2 Å². The van der Waals surface area contributed by atoms with Gasteiger partial charge in [-0.2, -0.15) is 0 Å². The third-order valence-electron chi connectivity index (χ3n) is 4.08. The third-order valence-corrected chi connectivity index (χ3v) is 4.32. The zero-order valence-corrected chi connectivity index (χ0v) is 16.5. The number of benzene rings is 2. The molecule has 0 atom stereocenters. The Hall–Kier alpha value is -2.57. The predicted octanol–water partition coefficient (Wildman–Crippen LogP) is 3.35. The van der Waals surface area contributed by atoms with Crippen LogP contribution in [0.25, 0.3) is 0 Å². The number of halogens is 1. The van der Waals surface area contributed by atoms with E-state index in [4.69, 9.17) is 26.2 Å². The molecule has 0 saturated carbocycles. The van der Waals surface area contributed by atoms with Gasteiger partial charge in [0.2, 0.25) is 0 Å². The summed E-state index contributed by atoms with van der Waals surface area (Å²) in [6.07, 6.45) is 1.28. The number of ether oxygens (including phenoxy) is 2. The number of methoxy groups -OCH3 is 1. The fourth-order valence-electron chi connectivity index (χ4n) is 2.58. The Kier molecular flexibility index (Phi) is 8.78. The summed E-state index contributed by atoms with van der Waals surface area (Å²) >= 11 is 6.02. The number of nitrogens with one attached hydrogen (secondary N) is 1. The topological polar surface area (TPSA) is 84.9 Å². The average Bonchev–Trinajstić information content (AvgIpc) is 2.68. The summed E-state index contributed by atoms with van der Waals surface area (Å²) in [6, 6.07) is 12.6. The molecule has 0 spiro atoms. The van der Waals surface area contributed by atoms with Gasteiger partial charge in [0.15, 0.2) is 0 Å². The Bertz CT molecular complexity index is 792. The van der Waals surface area contributed by atoms with E-state index in [0.29, 0.717) is 48.9 Å². The van der Waals surface area contributed by atoms with Gasteiger partial charge < -0.3 is 19.9 Å². The Morgan fingerprint density at radius 2 is 1.71 bits per heavy atom. The van der Waals surface area contributed by atoms with Crippen molar-refractivity contribution in [1.82, 2.24) is 5.32 Å². The van der Waals surface area contributed by atoms with Crippen LogP contribution >= 0.6 is 11.6 Å². The summed E-state index contributed by atoms with van der Waals surface area (Å²) in [5.41, 5.74) is 2.42. The lowest BCUT2D eigenvalue weighted by Gasteiger charge is -2.12. The quantitative estimate of drug-likeness (QED) is 0.560. The predicted molar refractivity (Wildman–Crippen MR) is 107 cm³/mol. The smallest absolute Gasteiger partial charge is 0.303 e. The standard InChI is InChI=1S/C21H24ClNO5/c1-27-12-13-28-19-8-7-17(22)14-18(19)21(26)23-11-10-16-4-2-15(3-5-16)6-9-20(24)25/h2-5,7-8,14H,6,9-13H2,1H3,(H,23,26)(H,24,25). The first-order chi connectivity index (χ1) is 13.5. The Morgan fingerprint density at radius 1 is 1.04 bits per heavy atom. The maximum Gasteiger partial charge on any atom is 0.303 e. The highest BCUT2D eigenvalue weighted by molar-refractivity contribution is 6.31. The molecule has 0 aliphatic rings. The zero-order valence-electron chi connectivity index (χ0n) is 15.7. The molecule has 0 fully saturated rings. The largest absolute Gasteiger partial charge is 0.490 e. The van der Waals surface area contributed by atoms with Crippen LogP contribution in [-0.2, 0) is 22.4 Å². The van der Waals surface area contributed by atoms with Crippen molar-refractivity contribution in [3.8, 4) is 5.75 Å². The van der Waals surface area contributed by atoms with Gasteiger partial charge in [-0.3, -0.25) is 9.59 Å². The van der Waals surface area contributed by atoms with Gasteiger partial charge >= 0.3 is 5.97 Å². The van der Waals surface area contributed by atoms with Crippen LogP contribution in [-0.4, -0.2) is 43.9 Å². The van der Waals surface area contributed by atoms with Gasteiger partial charge in [0.1, 0.15) is 12.4 Å². The lowest BCUT2D eigenvalue weighted by molar-refractivity contribution is -0.136. The summed E-state index contributed by atoms with van der Waals surface area (Å²) in [5, 5.41) is 12.1. The van der Waals surface area contributed by atoms with E-state index in [1.54, 1.807) is 25.3 Å². The SMILES string of the molecule is COCCOc1ccc(Cl)cc1C(=O)NCCc1ccc(CCC(=O)O)cc1. The van der Waals surface area contributed by atoms with Gasteiger partial charge in [0, 0.05) is 25.1 Å². The molecular weight excluding hydrogens is 382 g/mol. The monoisotopic (exact) mass is 405 g/mol. The second-order valence-corrected chi connectivity index (χ2v) is 6.63. The Labute approximate surface area is 169 Å². The number of carbonyl (C=O) groups is 2. The molecule has 0 aliphatic heterocycles. The Morgan fingerprint density at radius 3 is 2.36 bits per heavy atom. The summed E-state index contributed by atoms with van der Waals surface area (Å²) in [6.45, 7) is 1.22. The van der Waals surface area contributed by atoms with Crippen molar-refractivity contribution in [1.29, 1.82) is 0 Å². The molecule has 2 rings (SSSR count). The first-order valence-corrected chi connectivity index (χ1v) is 9.36. The normalized spacial score (nSPS) is 10.5. The van der Waals surface area contributed by atoms with Crippen molar-refractivity contribution < 1.29 is 24.2 Å². The maximum atomic E-state index is 12.5. The lowest BCUT2D eigenvalue weighted by Crippen LogP contribution is -2.26. The highest BCUT2D eigenvalue weighted by Crippen LogP contribution is 2.23. The number of rotatable bonds is 11. The van der Waals surface area contributed by atoms with E-state index in [9.17, 15) is 9.59 Å². The van der Waals surface area contributed by atoms with E-state index in [-0.39, 0.29) is 12.3 Å². The molecule has 2 N–H and O–H groups in total. The molecule has 7 heteroatoms. The number of carboxylic acid groups (broad SMARTS) is 1. The average molecular weight is 406 g/mol. The zero-order chi connectivity index (χ0) is 20.4. The number of carbonyl (C=O) groups excluding carboxylic acids is 1. The molecule has 0 aromatic heterocycles. The molecule has 150 valence electrons. The minimum absolute atomic E-state index is 0.115. The van der Waals surface area contributed by atoms with Crippen molar-refractivity contribution in [3.05, 3.63) is 64.2 Å². The van der Waals surface area contributed by atoms with E-state index >= 15 is 0 Å². The van der Waals surface area contributed by atoms with Crippen molar-refractivity contribution in [2.24, 2.45) is 0 Å². The van der Waals surface area contributed by atoms with Gasteiger partial charge in [0.05, 0.1) is 12.2 Å². The molecule has 0 radical (unpaired) electrons. The number of hydrogen-bond acceptors (Lipinski definition) is 4. The van der Waals surface area contributed by atoms with Crippen LogP contribution in [0.15, 0.2) is 42.5 Å². The Balaban J connectivity index is 1.88. The molecule has 1 amide bonds. The molecule has 0 aliphatic carbocycles. The summed E-state index contributed by atoms with van der Waals surface area (Å²) in [4.78, 5) is 23.1. The van der Waals surface area contributed by atoms with Crippen LogP contribution < -0.4 is 10.1 Å². The second-order valence-electron chi connectivity index (χ2n) is 6.20. The van der Waals surface area contributed by atoms with E-state index in [2.05, 4.69) is 5.32 Å². The first-order valence-electron chi connectivity index (χ1n) is 8.98. The minimum atomic E-state index is -0.807. The number of hydrogen-bond donors (Lipinski definition) is 2. The van der Waals surface area contributed by atoms with Crippen molar-refractivity contribution in [3.63, 3.8) is 0 Å². The number of amides is 1. The van der Waals surface area contributed by atoms with E-state index in [0.717, 1.165) is 11.1 Å². The number of carboxylic acids is 1. The molecule has 0 bridgehead atoms. The summed E-state index contributed by atoms with van der Waals surface area (Å²) in [7, 11) is 1.58. The fraction of sp³-hybridized carbons (Fsp3) is 0.333. The van der Waals surface area contributed by atoms with E-state index < -0.39 is 5.97 Å². The molecule has 2 aromatic rings. The molecular formula is C21H24ClNO5. The number of aliphatic carboxylic acids is 1. The molecule has 0 saturated heterocycles. The maximum absolute atomic E-state index is 12.5. The van der Waals surface area contributed by atoms with Crippen molar-refractivity contribution in [2.75, 3.05) is 26.9 Å². The van der Waals surface area contributed by atoms with Crippen LogP contribution in [0.4, 0.5) is 0 Å². The second kappa shape index (κ2) is 11.3. The van der Waals surface area contributed by atoms with E-state index in [1.165, 1.54) is 0 Å². The van der Waals surface area contributed by atoms with Gasteiger partial charge in [-0.25, -0.2) is 0 Å². The summed E-state index contributed by atoms with van der Waals surface area (Å²) in [5.74, 6) is -0.604. The molecule has 0 unspecified atom stereocenters. The van der Waals surface area contributed by atoms with E-state index in [1.807, 2.05) is 24.3 Å². The number of aryl methyl sites for hydroxylation is 1. The molecule has 6 nitrogen and oxygen atoms in total. The molecule has 0 heterocycles.